The quantitative estimate of drug-likeness (QED) is 0.717. The zero-order chi connectivity index (χ0) is 9.97. The van der Waals surface area contributed by atoms with Gasteiger partial charge in [0, 0.05) is 0 Å². The average Bonchev–Trinajstić information content (AvgIpc) is 2.69. The minimum atomic E-state index is -1.01. The van der Waals surface area contributed by atoms with Crippen molar-refractivity contribution in [3.63, 3.8) is 0 Å². The van der Waals surface area contributed by atoms with Crippen LogP contribution in [0.15, 0.2) is 17.0 Å². The summed E-state index contributed by atoms with van der Waals surface area (Å²) >= 11 is 0. The Labute approximate surface area is 77.8 Å². The van der Waals surface area contributed by atoms with Gasteiger partial charge in [0.2, 0.25) is 11.7 Å². The summed E-state index contributed by atoms with van der Waals surface area (Å²) in [5.41, 5.74) is 0.588. The normalized spacial score (nSPS) is 10.3. The van der Waals surface area contributed by atoms with Gasteiger partial charge < -0.3 is 14.6 Å². The molecule has 14 heavy (non-hydrogen) atoms. The third-order valence-corrected chi connectivity index (χ3v) is 1.51. The highest BCUT2D eigenvalue weighted by Crippen LogP contribution is 2.11. The number of carboxylic acids is 1. The predicted octanol–water partition coefficient (Wildman–Crippen LogP) is 0.0868. The van der Waals surface area contributed by atoms with E-state index in [2.05, 4.69) is 20.1 Å². The van der Waals surface area contributed by atoms with E-state index in [1.54, 1.807) is 0 Å². The molecule has 0 spiro atoms. The van der Waals surface area contributed by atoms with Gasteiger partial charge in [-0.05, 0) is 0 Å². The topological polar surface area (TPSA) is 105 Å². The molecular formula is C7H6N4O3. The number of hydrogen-bond donors (Lipinski definition) is 2. The summed E-state index contributed by atoms with van der Waals surface area (Å²) in [6, 6.07) is 0. The second kappa shape index (κ2) is 3.29. The number of nitrogens with one attached hydrogen (secondary N) is 1. The Morgan fingerprint density at radius 3 is 3.14 bits per heavy atom. The van der Waals surface area contributed by atoms with Gasteiger partial charge in [-0.25, -0.2) is 4.98 Å². The van der Waals surface area contributed by atoms with Gasteiger partial charge >= 0.3 is 5.97 Å². The molecule has 2 N–H and O–H groups in total. The van der Waals surface area contributed by atoms with Crippen LogP contribution in [0.4, 0.5) is 0 Å². The van der Waals surface area contributed by atoms with Crippen molar-refractivity contribution < 1.29 is 14.4 Å². The van der Waals surface area contributed by atoms with Gasteiger partial charge in [-0.1, -0.05) is 5.16 Å². The monoisotopic (exact) mass is 194 g/mol. The zero-order valence-electron chi connectivity index (χ0n) is 6.97. The average molecular weight is 194 g/mol. The van der Waals surface area contributed by atoms with Crippen molar-refractivity contribution in [3.8, 4) is 11.5 Å². The van der Waals surface area contributed by atoms with Gasteiger partial charge in [-0.3, -0.25) is 4.79 Å². The van der Waals surface area contributed by atoms with Crippen molar-refractivity contribution in [3.05, 3.63) is 18.4 Å². The number of nitrogens with zero attached hydrogens (tertiary/aromatic N) is 3. The van der Waals surface area contributed by atoms with Crippen LogP contribution in [0, 0.1) is 0 Å². The number of hydrogen-bond acceptors (Lipinski definition) is 5. The largest absolute Gasteiger partial charge is 0.481 e. The highest BCUT2D eigenvalue weighted by molar-refractivity contribution is 5.68. The van der Waals surface area contributed by atoms with Crippen LogP contribution in [-0.4, -0.2) is 31.2 Å². The minimum absolute atomic E-state index is 0.0714. The van der Waals surface area contributed by atoms with Crippen LogP contribution < -0.4 is 0 Å². The number of H-pyrrole nitrogens is 1. The molecule has 0 fully saturated rings. The molecule has 2 heterocycles. The number of imidazole rings is 1. The van der Waals surface area contributed by atoms with Crippen LogP contribution in [0.2, 0.25) is 0 Å². The number of carbonyl (C=O) groups is 1. The predicted molar refractivity (Wildman–Crippen MR) is 43.2 cm³/mol. The standard InChI is InChI=1S/C7H6N4O3/c12-6(13)1-5-10-7(11-14-5)4-2-8-3-9-4/h2-3H,1H2,(H,8,9)(H,12,13). The van der Waals surface area contributed by atoms with Crippen LogP contribution in [0.1, 0.15) is 5.89 Å². The summed E-state index contributed by atoms with van der Waals surface area (Å²) in [5, 5.41) is 12.0. The molecule has 0 aliphatic carbocycles. The summed E-state index contributed by atoms with van der Waals surface area (Å²) < 4.78 is 4.71. The Hall–Kier alpha value is -2.18. The SMILES string of the molecule is O=C(O)Cc1nc(-c2cnc[nH]2)no1. The maximum absolute atomic E-state index is 10.3. The van der Waals surface area contributed by atoms with E-state index in [0.29, 0.717) is 11.5 Å². The summed E-state index contributed by atoms with van der Waals surface area (Å²) in [6.45, 7) is 0. The summed E-state index contributed by atoms with van der Waals surface area (Å²) in [5.74, 6) is -0.634. The molecule has 0 aliphatic heterocycles. The highest BCUT2D eigenvalue weighted by Gasteiger charge is 2.11. The first-order valence-corrected chi connectivity index (χ1v) is 3.79. The zero-order valence-corrected chi connectivity index (χ0v) is 6.97. The van der Waals surface area contributed by atoms with Gasteiger partial charge in [0.05, 0.1) is 12.5 Å². The smallest absolute Gasteiger partial charge is 0.312 e. The summed E-state index contributed by atoms with van der Waals surface area (Å²) in [4.78, 5) is 20.7. The van der Waals surface area contributed by atoms with E-state index < -0.39 is 5.97 Å². The summed E-state index contributed by atoms with van der Waals surface area (Å²) in [6.07, 6.45) is 2.72. The maximum atomic E-state index is 10.3. The van der Waals surface area contributed by atoms with Crippen molar-refractivity contribution in [2.45, 2.75) is 6.42 Å². The first kappa shape index (κ1) is 8.42. The number of aromatic amines is 1. The lowest BCUT2D eigenvalue weighted by atomic mass is 10.4. The van der Waals surface area contributed by atoms with Crippen LogP contribution in [-0.2, 0) is 11.2 Å². The van der Waals surface area contributed by atoms with Gasteiger partial charge in [0.1, 0.15) is 12.1 Å². The van der Waals surface area contributed by atoms with E-state index in [1.807, 2.05) is 0 Å². The molecule has 72 valence electrons. The molecule has 0 saturated heterocycles. The van der Waals surface area contributed by atoms with Crippen molar-refractivity contribution in [1.82, 2.24) is 20.1 Å². The molecule has 7 heteroatoms. The van der Waals surface area contributed by atoms with Gasteiger partial charge in [0.25, 0.3) is 0 Å². The Morgan fingerprint density at radius 1 is 1.64 bits per heavy atom. The molecule has 0 aliphatic rings. The molecule has 2 aromatic heterocycles. The Morgan fingerprint density at radius 2 is 2.50 bits per heavy atom. The molecule has 0 bridgehead atoms. The Bertz CT molecular complexity index is 433. The summed E-state index contributed by atoms with van der Waals surface area (Å²) in [7, 11) is 0. The van der Waals surface area contributed by atoms with E-state index in [4.69, 9.17) is 9.63 Å². The number of rotatable bonds is 3. The van der Waals surface area contributed by atoms with Crippen LogP contribution in [0.5, 0.6) is 0 Å². The van der Waals surface area contributed by atoms with Crippen LogP contribution >= 0.6 is 0 Å². The van der Waals surface area contributed by atoms with E-state index in [1.165, 1.54) is 12.5 Å². The van der Waals surface area contributed by atoms with Crippen LogP contribution in [0.25, 0.3) is 11.5 Å². The third-order valence-electron chi connectivity index (χ3n) is 1.51. The minimum Gasteiger partial charge on any atom is -0.481 e. The van der Waals surface area contributed by atoms with E-state index >= 15 is 0 Å². The fraction of sp³-hybridized carbons (Fsp3) is 0.143. The number of carboxylic acid groups (broad SMARTS) is 1. The number of aromatic nitrogens is 4. The first-order valence-electron chi connectivity index (χ1n) is 3.79. The molecule has 7 nitrogen and oxygen atoms in total. The Kier molecular flexibility index (Phi) is 1.98. The fourth-order valence-corrected chi connectivity index (χ4v) is 0.944. The Balaban J connectivity index is 2.22. The van der Waals surface area contributed by atoms with Crippen molar-refractivity contribution in [2.75, 3.05) is 0 Å². The molecule has 0 saturated carbocycles. The van der Waals surface area contributed by atoms with Crippen molar-refractivity contribution >= 4 is 5.97 Å². The lowest BCUT2D eigenvalue weighted by Crippen LogP contribution is -1.99. The molecule has 2 aromatic rings. The molecule has 0 atom stereocenters. The molecular weight excluding hydrogens is 188 g/mol. The van der Waals surface area contributed by atoms with E-state index in [9.17, 15) is 4.79 Å². The van der Waals surface area contributed by atoms with Gasteiger partial charge in [0.15, 0.2) is 0 Å². The van der Waals surface area contributed by atoms with E-state index in [-0.39, 0.29) is 12.3 Å². The van der Waals surface area contributed by atoms with E-state index in [0.717, 1.165) is 0 Å². The lowest BCUT2D eigenvalue weighted by Gasteiger charge is -1.83. The first-order chi connectivity index (χ1) is 6.75. The fourth-order valence-electron chi connectivity index (χ4n) is 0.944. The second-order valence-electron chi connectivity index (χ2n) is 2.55. The molecule has 0 amide bonds. The van der Waals surface area contributed by atoms with Gasteiger partial charge in [-0.15, -0.1) is 0 Å². The number of aliphatic carboxylic acids is 1. The molecule has 2 rings (SSSR count). The third kappa shape index (κ3) is 1.60. The van der Waals surface area contributed by atoms with Crippen LogP contribution in [0.3, 0.4) is 0 Å². The second-order valence-corrected chi connectivity index (χ2v) is 2.55. The lowest BCUT2D eigenvalue weighted by molar-refractivity contribution is -0.136. The van der Waals surface area contributed by atoms with Gasteiger partial charge in [-0.2, -0.15) is 4.98 Å². The molecule has 0 radical (unpaired) electrons. The molecule has 0 unspecified atom stereocenters. The van der Waals surface area contributed by atoms with Crippen molar-refractivity contribution in [2.24, 2.45) is 0 Å². The maximum Gasteiger partial charge on any atom is 0.312 e. The van der Waals surface area contributed by atoms with Crippen molar-refractivity contribution in [1.29, 1.82) is 0 Å². The highest BCUT2D eigenvalue weighted by atomic mass is 16.5. The molecule has 0 aromatic carbocycles.